The highest BCUT2D eigenvalue weighted by atomic mass is 16.3. The Hall–Kier alpha value is -1.33. The third-order valence-electron chi connectivity index (χ3n) is 2.02. The second-order valence-electron chi connectivity index (χ2n) is 3.47. The number of nitrogens with zero attached hydrogens (tertiary/aromatic N) is 1. The number of amides is 1. The summed E-state index contributed by atoms with van der Waals surface area (Å²) in [6.07, 6.45) is 0.464. The predicted molar refractivity (Wildman–Crippen MR) is 53.5 cm³/mol. The number of carbonyl (C=O) groups excluding carboxylic acids is 1. The summed E-state index contributed by atoms with van der Waals surface area (Å²) in [4.78, 5) is 13.0. The van der Waals surface area contributed by atoms with Crippen molar-refractivity contribution >= 4 is 5.91 Å². The van der Waals surface area contributed by atoms with Crippen molar-refractivity contribution in [3.8, 4) is 0 Å². The summed E-state index contributed by atoms with van der Waals surface area (Å²) in [5.41, 5.74) is 0.445. The van der Waals surface area contributed by atoms with E-state index < -0.39 is 6.10 Å². The number of hydrogen-bond acceptors (Lipinski definition) is 4. The molecule has 84 valence electrons. The maximum atomic E-state index is 11.7. The van der Waals surface area contributed by atoms with Gasteiger partial charge in [-0.1, -0.05) is 0 Å². The van der Waals surface area contributed by atoms with Crippen LogP contribution in [0.4, 0.5) is 0 Å². The topological polar surface area (TPSA) is 73.9 Å². The smallest absolute Gasteiger partial charge is 0.256 e. The molecule has 1 atom stereocenters. The van der Waals surface area contributed by atoms with Crippen molar-refractivity contribution in [1.29, 1.82) is 0 Å². The van der Waals surface area contributed by atoms with Crippen LogP contribution < -0.4 is 0 Å². The molecule has 1 heterocycles. The van der Waals surface area contributed by atoms with Crippen molar-refractivity contribution in [1.82, 2.24) is 4.90 Å². The van der Waals surface area contributed by atoms with Crippen LogP contribution in [-0.4, -0.2) is 47.3 Å². The van der Waals surface area contributed by atoms with Gasteiger partial charge in [0.15, 0.2) is 0 Å². The first-order chi connectivity index (χ1) is 7.04. The lowest BCUT2D eigenvalue weighted by Gasteiger charge is -2.18. The van der Waals surface area contributed by atoms with Crippen molar-refractivity contribution in [2.45, 2.75) is 13.0 Å². The zero-order valence-corrected chi connectivity index (χ0v) is 8.80. The number of aryl methyl sites for hydroxylation is 1. The molecular weight excluding hydrogens is 198 g/mol. The van der Waals surface area contributed by atoms with Crippen LogP contribution in [0, 0.1) is 6.92 Å². The van der Waals surface area contributed by atoms with E-state index >= 15 is 0 Å². The summed E-state index contributed by atoms with van der Waals surface area (Å²) < 4.78 is 5.01. The molecule has 0 saturated heterocycles. The molecule has 1 rings (SSSR count). The fourth-order valence-corrected chi connectivity index (χ4v) is 1.23. The zero-order valence-electron chi connectivity index (χ0n) is 8.80. The molecule has 0 aliphatic heterocycles. The standard InChI is InChI=1S/C10H15NO4/c1-7-3-8(6-15-7)10(14)11(2)4-9(13)5-12/h3,6,9,12-13H,4-5H2,1-2H3/t9-/m0/s1. The van der Waals surface area contributed by atoms with Crippen LogP contribution in [0.1, 0.15) is 16.1 Å². The van der Waals surface area contributed by atoms with E-state index in [-0.39, 0.29) is 19.1 Å². The average molecular weight is 213 g/mol. The van der Waals surface area contributed by atoms with Crippen molar-refractivity contribution in [3.05, 3.63) is 23.7 Å². The first kappa shape index (κ1) is 11.7. The molecular formula is C10H15NO4. The molecule has 0 saturated carbocycles. The summed E-state index contributed by atoms with van der Waals surface area (Å²) in [6.45, 7) is 1.49. The van der Waals surface area contributed by atoms with Crippen LogP contribution in [0.5, 0.6) is 0 Å². The van der Waals surface area contributed by atoms with Crippen LogP contribution in [0.2, 0.25) is 0 Å². The van der Waals surface area contributed by atoms with Gasteiger partial charge in [0.05, 0.1) is 18.3 Å². The molecule has 0 radical (unpaired) electrons. The van der Waals surface area contributed by atoms with Gasteiger partial charge in [0.2, 0.25) is 0 Å². The number of furan rings is 1. The van der Waals surface area contributed by atoms with Gasteiger partial charge in [0, 0.05) is 13.6 Å². The van der Waals surface area contributed by atoms with E-state index in [4.69, 9.17) is 14.6 Å². The lowest BCUT2D eigenvalue weighted by molar-refractivity contribution is 0.0519. The predicted octanol–water partition coefficient (Wildman–Crippen LogP) is 0.0132. The Labute approximate surface area is 87.9 Å². The number of rotatable bonds is 4. The van der Waals surface area contributed by atoms with Gasteiger partial charge in [-0.25, -0.2) is 0 Å². The van der Waals surface area contributed by atoms with E-state index in [1.807, 2.05) is 0 Å². The number of aliphatic hydroxyl groups is 2. The highest BCUT2D eigenvalue weighted by molar-refractivity contribution is 5.93. The second-order valence-corrected chi connectivity index (χ2v) is 3.47. The van der Waals surface area contributed by atoms with Crippen molar-refractivity contribution in [2.75, 3.05) is 20.2 Å². The Balaban J connectivity index is 2.60. The molecule has 0 aromatic carbocycles. The molecule has 5 heteroatoms. The third-order valence-corrected chi connectivity index (χ3v) is 2.02. The van der Waals surface area contributed by atoms with Crippen LogP contribution in [-0.2, 0) is 0 Å². The van der Waals surface area contributed by atoms with Crippen molar-refractivity contribution < 1.29 is 19.4 Å². The first-order valence-corrected chi connectivity index (χ1v) is 4.64. The van der Waals surface area contributed by atoms with Crippen LogP contribution in [0.25, 0.3) is 0 Å². The summed E-state index contributed by atoms with van der Waals surface area (Å²) in [6, 6.07) is 1.63. The van der Waals surface area contributed by atoms with E-state index in [9.17, 15) is 4.79 Å². The van der Waals surface area contributed by atoms with Gasteiger partial charge in [-0.2, -0.15) is 0 Å². The maximum Gasteiger partial charge on any atom is 0.256 e. The number of aliphatic hydroxyl groups excluding tert-OH is 2. The Bertz CT molecular complexity index is 334. The second kappa shape index (κ2) is 4.95. The number of carbonyl (C=O) groups is 1. The van der Waals surface area contributed by atoms with E-state index in [1.54, 1.807) is 20.0 Å². The van der Waals surface area contributed by atoms with Gasteiger partial charge >= 0.3 is 0 Å². The molecule has 1 amide bonds. The minimum absolute atomic E-state index is 0.0968. The lowest BCUT2D eigenvalue weighted by atomic mass is 10.2. The minimum Gasteiger partial charge on any atom is -0.469 e. The molecule has 1 aromatic heterocycles. The molecule has 5 nitrogen and oxygen atoms in total. The monoisotopic (exact) mass is 213 g/mol. The van der Waals surface area contributed by atoms with Gasteiger partial charge < -0.3 is 19.5 Å². The molecule has 0 spiro atoms. The summed E-state index contributed by atoms with van der Waals surface area (Å²) >= 11 is 0. The van der Waals surface area contributed by atoms with Gasteiger partial charge in [-0.05, 0) is 13.0 Å². The summed E-state index contributed by atoms with van der Waals surface area (Å²) in [5, 5.41) is 17.8. The van der Waals surface area contributed by atoms with Crippen molar-refractivity contribution in [2.24, 2.45) is 0 Å². The van der Waals surface area contributed by atoms with Gasteiger partial charge in [0.25, 0.3) is 5.91 Å². The summed E-state index contributed by atoms with van der Waals surface area (Å²) in [5.74, 6) is 0.425. The van der Waals surface area contributed by atoms with Gasteiger partial charge in [-0.15, -0.1) is 0 Å². The van der Waals surface area contributed by atoms with Gasteiger partial charge in [0.1, 0.15) is 12.0 Å². The quantitative estimate of drug-likeness (QED) is 0.739. The molecule has 15 heavy (non-hydrogen) atoms. The SMILES string of the molecule is Cc1cc(C(=O)N(C)C[C@H](O)CO)co1. The highest BCUT2D eigenvalue weighted by Crippen LogP contribution is 2.08. The highest BCUT2D eigenvalue weighted by Gasteiger charge is 2.16. The summed E-state index contributed by atoms with van der Waals surface area (Å²) in [7, 11) is 1.56. The third kappa shape index (κ3) is 3.07. The van der Waals surface area contributed by atoms with E-state index in [0.29, 0.717) is 11.3 Å². The molecule has 0 aliphatic carbocycles. The lowest BCUT2D eigenvalue weighted by Crippen LogP contribution is -2.35. The normalized spacial score (nSPS) is 12.5. The molecule has 0 unspecified atom stereocenters. The van der Waals surface area contributed by atoms with Crippen LogP contribution >= 0.6 is 0 Å². The molecule has 2 N–H and O–H groups in total. The van der Waals surface area contributed by atoms with Crippen LogP contribution in [0.3, 0.4) is 0 Å². The molecule has 0 bridgehead atoms. The van der Waals surface area contributed by atoms with E-state index in [1.165, 1.54) is 11.2 Å². The average Bonchev–Trinajstić information content (AvgIpc) is 2.63. The first-order valence-electron chi connectivity index (χ1n) is 4.64. The van der Waals surface area contributed by atoms with E-state index in [2.05, 4.69) is 0 Å². The fraction of sp³-hybridized carbons (Fsp3) is 0.500. The molecule has 0 fully saturated rings. The Morgan fingerprint density at radius 1 is 1.67 bits per heavy atom. The Morgan fingerprint density at radius 2 is 2.33 bits per heavy atom. The van der Waals surface area contributed by atoms with Crippen LogP contribution in [0.15, 0.2) is 16.7 Å². The Kier molecular flexibility index (Phi) is 3.88. The van der Waals surface area contributed by atoms with E-state index in [0.717, 1.165) is 0 Å². The van der Waals surface area contributed by atoms with Gasteiger partial charge in [-0.3, -0.25) is 4.79 Å². The zero-order chi connectivity index (χ0) is 11.4. The maximum absolute atomic E-state index is 11.7. The molecule has 0 aliphatic rings. The fourth-order valence-electron chi connectivity index (χ4n) is 1.23. The number of hydrogen-bond donors (Lipinski definition) is 2. The van der Waals surface area contributed by atoms with Crippen molar-refractivity contribution in [3.63, 3.8) is 0 Å². The largest absolute Gasteiger partial charge is 0.469 e. The molecule has 1 aromatic rings. The Morgan fingerprint density at radius 3 is 2.80 bits per heavy atom. The minimum atomic E-state index is -0.910. The number of likely N-dealkylation sites (N-methyl/N-ethyl adjacent to an activating group) is 1.